The lowest BCUT2D eigenvalue weighted by atomic mass is 10.1. The fraction of sp³-hybridized carbons (Fsp3) is 0.700. The van der Waals surface area contributed by atoms with E-state index in [4.69, 9.17) is 5.84 Å². The van der Waals surface area contributed by atoms with Gasteiger partial charge in [-0.2, -0.15) is 0 Å². The van der Waals surface area contributed by atoms with Crippen LogP contribution in [0.3, 0.4) is 0 Å². The molecule has 0 aromatic heterocycles. The Morgan fingerprint density at radius 1 is 1.46 bits per heavy atom. The molecule has 0 saturated carbocycles. The second kappa shape index (κ2) is 4.42. The standard InChI is InChI=1S/C10H21N3/c1-8(2)9(12-6)7-13(11)10(3,4)5/h7-8H,6,11H2,1-5H3/b9-7-. The highest BCUT2D eigenvalue weighted by atomic mass is 15.4. The Hall–Kier alpha value is -0.830. The van der Waals surface area contributed by atoms with E-state index >= 15 is 0 Å². The van der Waals surface area contributed by atoms with Gasteiger partial charge in [0.15, 0.2) is 0 Å². The highest BCUT2D eigenvalue weighted by molar-refractivity contribution is 5.29. The van der Waals surface area contributed by atoms with Crippen molar-refractivity contribution in [3.8, 4) is 0 Å². The summed E-state index contributed by atoms with van der Waals surface area (Å²) in [6.45, 7) is 13.8. The van der Waals surface area contributed by atoms with Crippen LogP contribution in [0.5, 0.6) is 0 Å². The molecule has 13 heavy (non-hydrogen) atoms. The lowest BCUT2D eigenvalue weighted by Crippen LogP contribution is -2.42. The van der Waals surface area contributed by atoms with Gasteiger partial charge in [-0.25, -0.2) is 5.84 Å². The van der Waals surface area contributed by atoms with Crippen molar-refractivity contribution in [1.82, 2.24) is 5.01 Å². The van der Waals surface area contributed by atoms with Gasteiger partial charge >= 0.3 is 0 Å². The molecule has 76 valence electrons. The average molecular weight is 183 g/mol. The van der Waals surface area contributed by atoms with Crippen molar-refractivity contribution in [1.29, 1.82) is 0 Å². The van der Waals surface area contributed by atoms with Gasteiger partial charge in [0.2, 0.25) is 0 Å². The first-order chi connectivity index (χ1) is 5.79. The van der Waals surface area contributed by atoms with Crippen molar-refractivity contribution in [2.45, 2.75) is 40.2 Å². The van der Waals surface area contributed by atoms with Gasteiger partial charge in [-0.1, -0.05) is 13.8 Å². The molecule has 0 atom stereocenters. The molecule has 0 unspecified atom stereocenters. The third-order valence-electron chi connectivity index (χ3n) is 1.82. The van der Waals surface area contributed by atoms with Crippen LogP contribution in [0.4, 0.5) is 0 Å². The Morgan fingerprint density at radius 3 is 2.15 bits per heavy atom. The van der Waals surface area contributed by atoms with E-state index in [1.165, 1.54) is 0 Å². The van der Waals surface area contributed by atoms with E-state index in [-0.39, 0.29) is 5.54 Å². The van der Waals surface area contributed by atoms with Crippen LogP contribution in [0.2, 0.25) is 0 Å². The maximum Gasteiger partial charge on any atom is 0.0595 e. The molecule has 0 fully saturated rings. The van der Waals surface area contributed by atoms with Gasteiger partial charge in [-0.15, -0.1) is 0 Å². The molecule has 0 aliphatic rings. The van der Waals surface area contributed by atoms with Crippen molar-refractivity contribution < 1.29 is 0 Å². The summed E-state index contributed by atoms with van der Waals surface area (Å²) in [7, 11) is 0. The number of nitrogens with two attached hydrogens (primary N) is 1. The molecule has 0 spiro atoms. The van der Waals surface area contributed by atoms with Crippen molar-refractivity contribution in [3.05, 3.63) is 11.9 Å². The van der Waals surface area contributed by atoms with E-state index < -0.39 is 0 Å². The summed E-state index contributed by atoms with van der Waals surface area (Å²) in [6, 6.07) is 0. The molecule has 0 radical (unpaired) electrons. The molecule has 0 aliphatic heterocycles. The zero-order valence-electron chi connectivity index (χ0n) is 9.33. The number of allylic oxidation sites excluding steroid dienone is 1. The molecule has 0 saturated heterocycles. The largest absolute Gasteiger partial charge is 0.311 e. The predicted octanol–water partition coefficient (Wildman–Crippen LogP) is 2.16. The van der Waals surface area contributed by atoms with Crippen molar-refractivity contribution >= 4 is 6.72 Å². The van der Waals surface area contributed by atoms with Gasteiger partial charge in [0.25, 0.3) is 0 Å². The Labute approximate surface area is 81.3 Å². The molecule has 0 aliphatic carbocycles. The molecular weight excluding hydrogens is 162 g/mol. The Balaban J connectivity index is 4.61. The highest BCUT2D eigenvalue weighted by Crippen LogP contribution is 2.15. The predicted molar refractivity (Wildman–Crippen MR) is 58.2 cm³/mol. The molecule has 2 N–H and O–H groups in total. The SMILES string of the molecule is C=N/C(=C\N(N)C(C)(C)C)C(C)C. The van der Waals surface area contributed by atoms with Gasteiger partial charge in [0.05, 0.1) is 5.70 Å². The zero-order valence-corrected chi connectivity index (χ0v) is 9.33. The quantitative estimate of drug-likeness (QED) is 0.414. The van der Waals surface area contributed by atoms with Gasteiger partial charge < -0.3 is 5.01 Å². The van der Waals surface area contributed by atoms with Crippen LogP contribution in [-0.4, -0.2) is 17.3 Å². The number of hydrogen-bond acceptors (Lipinski definition) is 3. The topological polar surface area (TPSA) is 41.6 Å². The third kappa shape index (κ3) is 4.08. The van der Waals surface area contributed by atoms with Gasteiger partial charge in [0, 0.05) is 11.7 Å². The minimum atomic E-state index is -0.0785. The molecule has 0 aromatic rings. The van der Waals surface area contributed by atoms with E-state index in [1.54, 1.807) is 5.01 Å². The van der Waals surface area contributed by atoms with Crippen LogP contribution in [-0.2, 0) is 0 Å². The highest BCUT2D eigenvalue weighted by Gasteiger charge is 2.15. The van der Waals surface area contributed by atoms with E-state index in [0.717, 1.165) is 5.70 Å². The first-order valence-electron chi connectivity index (χ1n) is 4.51. The summed E-state index contributed by atoms with van der Waals surface area (Å²) < 4.78 is 0. The van der Waals surface area contributed by atoms with Crippen LogP contribution >= 0.6 is 0 Å². The molecule has 0 bridgehead atoms. The van der Waals surface area contributed by atoms with Crippen molar-refractivity contribution in [2.75, 3.05) is 0 Å². The molecule has 0 amide bonds. The maximum atomic E-state index is 5.83. The lowest BCUT2D eigenvalue weighted by Gasteiger charge is -2.30. The molecule has 3 nitrogen and oxygen atoms in total. The fourth-order valence-electron chi connectivity index (χ4n) is 0.709. The molecular formula is C10H21N3. The van der Waals surface area contributed by atoms with Crippen molar-refractivity contribution in [2.24, 2.45) is 16.8 Å². The number of hydrazine groups is 1. The molecule has 0 heterocycles. The molecule has 3 heteroatoms. The van der Waals surface area contributed by atoms with E-state index in [2.05, 4.69) is 25.6 Å². The molecule has 0 aromatic carbocycles. The summed E-state index contributed by atoms with van der Waals surface area (Å²) in [4.78, 5) is 3.93. The first-order valence-corrected chi connectivity index (χ1v) is 4.51. The Kier molecular flexibility index (Phi) is 4.14. The van der Waals surface area contributed by atoms with Crippen LogP contribution in [0.25, 0.3) is 0 Å². The summed E-state index contributed by atoms with van der Waals surface area (Å²) in [5.41, 5.74) is 0.836. The number of rotatable bonds is 3. The monoisotopic (exact) mass is 183 g/mol. The van der Waals surface area contributed by atoms with Crippen LogP contribution in [0, 0.1) is 5.92 Å². The summed E-state index contributed by atoms with van der Waals surface area (Å²) in [5.74, 6) is 6.19. The smallest absolute Gasteiger partial charge is 0.0595 e. The second-order valence-corrected chi connectivity index (χ2v) is 4.44. The van der Waals surface area contributed by atoms with Gasteiger partial charge in [-0.3, -0.25) is 4.99 Å². The summed E-state index contributed by atoms with van der Waals surface area (Å²) >= 11 is 0. The van der Waals surface area contributed by atoms with Crippen LogP contribution < -0.4 is 5.84 Å². The van der Waals surface area contributed by atoms with E-state index in [9.17, 15) is 0 Å². The summed E-state index contributed by atoms with van der Waals surface area (Å²) in [5, 5.41) is 1.66. The Bertz CT molecular complexity index is 199. The van der Waals surface area contributed by atoms with Crippen LogP contribution in [0.1, 0.15) is 34.6 Å². The minimum absolute atomic E-state index is 0.0785. The zero-order chi connectivity index (χ0) is 10.6. The first kappa shape index (κ1) is 12.2. The minimum Gasteiger partial charge on any atom is -0.311 e. The number of nitrogens with zero attached hydrogens (tertiary/aromatic N) is 2. The number of hydrogen-bond donors (Lipinski definition) is 1. The van der Waals surface area contributed by atoms with E-state index in [0.29, 0.717) is 5.92 Å². The lowest BCUT2D eigenvalue weighted by molar-refractivity contribution is 0.207. The summed E-state index contributed by atoms with van der Waals surface area (Å²) in [6.07, 6.45) is 1.84. The second-order valence-electron chi connectivity index (χ2n) is 4.44. The fourth-order valence-corrected chi connectivity index (χ4v) is 0.709. The average Bonchev–Trinajstić information content (AvgIpc) is 1.96. The van der Waals surface area contributed by atoms with Gasteiger partial charge in [0.1, 0.15) is 0 Å². The molecule has 0 rings (SSSR count). The van der Waals surface area contributed by atoms with Crippen molar-refractivity contribution in [3.63, 3.8) is 0 Å². The van der Waals surface area contributed by atoms with Crippen LogP contribution in [0.15, 0.2) is 16.9 Å². The Morgan fingerprint density at radius 2 is 1.92 bits per heavy atom. The maximum absolute atomic E-state index is 5.83. The normalized spacial score (nSPS) is 13.3. The number of aliphatic imine (C=N–C) groups is 1. The van der Waals surface area contributed by atoms with Gasteiger partial charge in [-0.05, 0) is 33.4 Å². The third-order valence-corrected chi connectivity index (χ3v) is 1.82. The van der Waals surface area contributed by atoms with E-state index in [1.807, 2.05) is 27.0 Å².